The van der Waals surface area contributed by atoms with Crippen LogP contribution < -0.4 is 9.67 Å². The van der Waals surface area contributed by atoms with Gasteiger partial charge in [-0.25, -0.2) is 0 Å². The monoisotopic (exact) mass is 476 g/mol. The molecule has 1 atom stereocenters. The van der Waals surface area contributed by atoms with Crippen molar-refractivity contribution in [3.63, 3.8) is 0 Å². The van der Waals surface area contributed by atoms with Crippen LogP contribution in [0.5, 0.6) is 0 Å². The maximum absolute atomic E-state index is 11.3. The third-order valence-electron chi connectivity index (χ3n) is 3.88. The molecule has 0 aliphatic carbocycles. The number of rotatable bonds is 6. The first-order valence-electron chi connectivity index (χ1n) is 8.81. The van der Waals surface area contributed by atoms with Crippen LogP contribution in [0.4, 0.5) is 5.69 Å². The summed E-state index contributed by atoms with van der Waals surface area (Å²) in [6, 6.07) is 15.4. The molecule has 0 spiro atoms. The van der Waals surface area contributed by atoms with Gasteiger partial charge in [0.25, 0.3) is 0 Å². The summed E-state index contributed by atoms with van der Waals surface area (Å²) in [6.07, 6.45) is 2.43. The zero-order valence-corrected chi connectivity index (χ0v) is 17.9. The van der Waals surface area contributed by atoms with E-state index >= 15 is 0 Å². The number of aromatic nitrogens is 1. The van der Waals surface area contributed by atoms with E-state index in [1.807, 2.05) is 30.3 Å². The van der Waals surface area contributed by atoms with Gasteiger partial charge < -0.3 is 5.11 Å². The Balaban J connectivity index is 0.000000214. The molecule has 0 aliphatic heterocycles. The Morgan fingerprint density at radius 2 is 1.87 bits per heavy atom. The molecule has 30 heavy (non-hydrogen) atoms. The normalized spacial score (nSPS) is 12.4. The summed E-state index contributed by atoms with van der Waals surface area (Å²) in [5.41, 5.74) is 2.28. The number of benzene rings is 2. The number of para-hydroxylation sites is 1. The van der Waals surface area contributed by atoms with E-state index in [0.717, 1.165) is 16.5 Å². The molecular weight excluding hydrogens is 455 g/mol. The number of hydrogen-bond acceptors (Lipinski definition) is 6. The third-order valence-corrected chi connectivity index (χ3v) is 6.30. The van der Waals surface area contributed by atoms with Crippen molar-refractivity contribution in [3.8, 4) is 0 Å². The van der Waals surface area contributed by atoms with E-state index in [0.29, 0.717) is 12.1 Å². The van der Waals surface area contributed by atoms with Crippen molar-refractivity contribution in [3.05, 3.63) is 66.4 Å². The van der Waals surface area contributed by atoms with Crippen LogP contribution in [0.3, 0.4) is 0 Å². The second-order valence-corrected chi connectivity index (χ2v) is 9.87. The van der Waals surface area contributed by atoms with E-state index in [9.17, 15) is 17.4 Å². The summed E-state index contributed by atoms with van der Waals surface area (Å²) < 4.78 is 23.9. The molecule has 2 aromatic carbocycles. The molecule has 10 heteroatoms. The number of fused-ring (bicyclic) bond motifs is 1. The molecule has 4 N–H and O–H groups in total. The van der Waals surface area contributed by atoms with Gasteiger partial charge in [-0.15, -0.1) is 0 Å². The summed E-state index contributed by atoms with van der Waals surface area (Å²) in [5, 5.41) is 20.3. The quantitative estimate of drug-likeness (QED) is 0.240. The summed E-state index contributed by atoms with van der Waals surface area (Å²) in [7, 11) is 0. The van der Waals surface area contributed by atoms with Crippen LogP contribution in [-0.4, -0.2) is 45.5 Å². The first-order valence-corrected chi connectivity index (χ1v) is 12.1. The first-order chi connectivity index (χ1) is 14.2. The molecular formula is C20H21AsN2O7. The average Bonchev–Trinajstić information content (AvgIpc) is 2.72. The molecule has 1 unspecified atom stereocenters. The van der Waals surface area contributed by atoms with Crippen molar-refractivity contribution in [1.29, 1.82) is 0 Å². The summed E-state index contributed by atoms with van der Waals surface area (Å²) >= 11 is -4.83. The van der Waals surface area contributed by atoms with E-state index in [-0.39, 0.29) is 16.7 Å². The second kappa shape index (κ2) is 10.7. The number of amides is 1. The van der Waals surface area contributed by atoms with Gasteiger partial charge in [0.2, 0.25) is 0 Å². The molecule has 0 saturated carbocycles. The molecule has 1 heterocycles. The molecule has 3 aromatic rings. The van der Waals surface area contributed by atoms with Gasteiger partial charge >= 0.3 is 94.4 Å². The average molecular weight is 476 g/mol. The van der Waals surface area contributed by atoms with Gasteiger partial charge in [0.15, 0.2) is 0 Å². The van der Waals surface area contributed by atoms with Gasteiger partial charge in [-0.3, -0.25) is 9.78 Å². The van der Waals surface area contributed by atoms with Gasteiger partial charge in [0, 0.05) is 18.0 Å². The van der Waals surface area contributed by atoms with Crippen LogP contribution >= 0.6 is 0 Å². The van der Waals surface area contributed by atoms with Gasteiger partial charge in [-0.05, 0) is 24.1 Å². The van der Waals surface area contributed by atoms with Gasteiger partial charge in [-0.2, -0.15) is 0 Å². The number of carboxylic acid groups (broad SMARTS) is 1. The molecule has 1 amide bonds. The number of nitrogens with zero attached hydrogens (tertiary/aromatic N) is 1. The number of carbonyl (C=O) groups is 2. The van der Waals surface area contributed by atoms with E-state index in [4.69, 9.17) is 10.4 Å². The maximum Gasteiger partial charge on any atom is 0.303 e. The summed E-state index contributed by atoms with van der Waals surface area (Å²) in [5.74, 6) is -1.07. The predicted molar refractivity (Wildman–Crippen MR) is 110 cm³/mol. The van der Waals surface area contributed by atoms with E-state index in [1.54, 1.807) is 12.3 Å². The molecule has 1 aromatic heterocycles. The SMILES string of the molecule is CC(=O)Nc1cccc([As](=O)(O)OO)c1.O=C(O)CCc1cnc2ccccc2c1. The number of pyridine rings is 1. The molecule has 3 rings (SSSR count). The molecule has 9 nitrogen and oxygen atoms in total. The second-order valence-electron chi connectivity index (χ2n) is 6.26. The standard InChI is InChI=1S/C12H11NO2.C8H10AsNO5/c14-12(15)6-5-9-7-10-3-1-2-4-11(10)13-8-9;1-6(11)10-8-4-2-3-7(5-8)9(12,13)15-14/h1-4,7-8H,5-6H2,(H,14,15);2-5,14H,1H3,(H,10,11)(H,12,13). The Kier molecular flexibility index (Phi) is 8.32. The molecule has 0 fully saturated rings. The van der Waals surface area contributed by atoms with Crippen molar-refractivity contribution >= 4 is 47.0 Å². The molecule has 0 bridgehead atoms. The number of carboxylic acids is 1. The maximum atomic E-state index is 11.3. The zero-order chi connectivity index (χ0) is 22.1. The van der Waals surface area contributed by atoms with E-state index < -0.39 is 20.1 Å². The largest absolute Gasteiger partial charge is 0.481 e. The predicted octanol–water partition coefficient (Wildman–Crippen LogP) is 1.96. The van der Waals surface area contributed by atoms with Crippen LogP contribution in [0.2, 0.25) is 0 Å². The Labute approximate surface area is 175 Å². The zero-order valence-electron chi connectivity index (χ0n) is 16.1. The topological polar surface area (TPSA) is 146 Å². The molecule has 0 aliphatic rings. The Hall–Kier alpha value is -2.97. The van der Waals surface area contributed by atoms with Crippen molar-refractivity contribution in [1.82, 2.24) is 4.98 Å². The Morgan fingerprint density at radius 1 is 1.13 bits per heavy atom. The van der Waals surface area contributed by atoms with Crippen LogP contribution in [0.25, 0.3) is 10.9 Å². The molecule has 0 radical (unpaired) electrons. The van der Waals surface area contributed by atoms with Crippen LogP contribution in [0.15, 0.2) is 60.8 Å². The fourth-order valence-electron chi connectivity index (χ4n) is 2.51. The Bertz CT molecular complexity index is 1090. The third kappa shape index (κ3) is 7.13. The molecule has 0 saturated heterocycles. The minimum absolute atomic E-state index is 0.0399. The van der Waals surface area contributed by atoms with Crippen LogP contribution in [0.1, 0.15) is 18.9 Å². The fourth-order valence-corrected chi connectivity index (χ4v) is 3.92. The Morgan fingerprint density at radius 3 is 2.53 bits per heavy atom. The van der Waals surface area contributed by atoms with Crippen LogP contribution in [0, 0.1) is 0 Å². The number of carbonyl (C=O) groups excluding carboxylic acids is 1. The minimum Gasteiger partial charge on any atom is -0.481 e. The number of aryl methyl sites for hydroxylation is 1. The number of anilines is 1. The first kappa shape index (κ1) is 23.3. The van der Waals surface area contributed by atoms with Gasteiger partial charge in [0.1, 0.15) is 0 Å². The van der Waals surface area contributed by atoms with E-state index in [2.05, 4.69) is 14.2 Å². The van der Waals surface area contributed by atoms with Gasteiger partial charge in [0.05, 0.1) is 5.52 Å². The number of nitrogens with one attached hydrogen (secondary N) is 1. The smallest absolute Gasteiger partial charge is 0.303 e. The fraction of sp³-hybridized carbons (Fsp3) is 0.150. The van der Waals surface area contributed by atoms with Gasteiger partial charge in [-0.1, -0.05) is 18.2 Å². The number of aliphatic carboxylic acids is 1. The van der Waals surface area contributed by atoms with Crippen molar-refractivity contribution < 1.29 is 31.7 Å². The summed E-state index contributed by atoms with van der Waals surface area (Å²) in [4.78, 5) is 25.4. The van der Waals surface area contributed by atoms with Crippen LogP contribution in [-0.2, 0) is 23.6 Å². The van der Waals surface area contributed by atoms with Crippen molar-refractivity contribution in [2.24, 2.45) is 0 Å². The number of hydrogen-bond donors (Lipinski definition) is 4. The van der Waals surface area contributed by atoms with E-state index in [1.165, 1.54) is 25.1 Å². The summed E-state index contributed by atoms with van der Waals surface area (Å²) in [6.45, 7) is 1.32. The van der Waals surface area contributed by atoms with Crippen molar-refractivity contribution in [2.45, 2.75) is 19.8 Å². The van der Waals surface area contributed by atoms with Crippen molar-refractivity contribution in [2.75, 3.05) is 5.32 Å². The molecule has 158 valence electrons. The minimum atomic E-state index is -4.83.